The van der Waals surface area contributed by atoms with Crippen LogP contribution >= 0.6 is 0 Å². The number of nitrogens with zero attached hydrogens (tertiary/aromatic N) is 1. The zero-order valence-electron chi connectivity index (χ0n) is 8.31. The molecule has 0 bridgehead atoms. The lowest BCUT2D eigenvalue weighted by molar-refractivity contribution is -0.119. The van der Waals surface area contributed by atoms with Crippen molar-refractivity contribution in [1.29, 1.82) is 5.41 Å². The molecule has 5 heteroatoms. The largest absolute Gasteiger partial charge is 0.322 e. The Bertz CT molecular complexity index is 479. The molecule has 1 aromatic carbocycles. The van der Waals surface area contributed by atoms with Crippen LogP contribution in [-0.2, 0) is 4.79 Å². The zero-order chi connectivity index (χ0) is 11.5. The summed E-state index contributed by atoms with van der Waals surface area (Å²) in [4.78, 5) is 21.6. The summed E-state index contributed by atoms with van der Waals surface area (Å²) in [5.74, 6) is -0.540. The molecule has 1 aromatic rings. The highest BCUT2D eigenvalue weighted by Gasteiger charge is 2.34. The van der Waals surface area contributed by atoms with E-state index in [1.165, 1.54) is 0 Å². The van der Waals surface area contributed by atoms with E-state index in [-0.39, 0.29) is 5.71 Å². The van der Waals surface area contributed by atoms with Crippen LogP contribution in [0.1, 0.15) is 5.56 Å². The molecule has 16 heavy (non-hydrogen) atoms. The molecular weight excluding hydrogens is 206 g/mol. The van der Waals surface area contributed by atoms with Crippen molar-refractivity contribution in [2.24, 2.45) is 5.18 Å². The van der Waals surface area contributed by atoms with E-state index in [2.05, 4.69) is 10.5 Å². The first-order chi connectivity index (χ1) is 7.72. The summed E-state index contributed by atoms with van der Waals surface area (Å²) in [6.45, 7) is 0. The lowest BCUT2D eigenvalue weighted by Gasteiger charge is -1.97. The van der Waals surface area contributed by atoms with Crippen molar-refractivity contribution in [2.45, 2.75) is 6.04 Å². The van der Waals surface area contributed by atoms with E-state index in [9.17, 15) is 9.70 Å². The number of carbonyl (C=O) groups is 1. The summed E-state index contributed by atoms with van der Waals surface area (Å²) in [6, 6.07) is 8.04. The van der Waals surface area contributed by atoms with Crippen molar-refractivity contribution >= 4 is 17.7 Å². The Morgan fingerprint density at radius 1 is 1.31 bits per heavy atom. The first-order valence-corrected chi connectivity index (χ1v) is 4.71. The highest BCUT2D eigenvalue weighted by Crippen LogP contribution is 2.14. The van der Waals surface area contributed by atoms with Crippen LogP contribution in [0.15, 0.2) is 41.2 Å². The second-order valence-electron chi connectivity index (χ2n) is 3.38. The molecule has 1 unspecified atom stereocenters. The Kier molecular flexibility index (Phi) is 2.59. The molecule has 2 rings (SSSR count). The maximum absolute atomic E-state index is 11.2. The third-order valence-electron chi connectivity index (χ3n) is 2.29. The topological polar surface area (TPSA) is 82.4 Å². The molecule has 0 radical (unpaired) electrons. The van der Waals surface area contributed by atoms with Crippen LogP contribution in [0, 0.1) is 10.3 Å². The standard InChI is InChI=1S/C11H9N3O2/c12-9-8(13-11(15)10(9)14-16)6-7-4-2-1-3-5-7/h1-6,10,12H,(H,13,15). The Hall–Kier alpha value is -2.30. The van der Waals surface area contributed by atoms with Crippen molar-refractivity contribution in [2.75, 3.05) is 0 Å². The molecule has 2 N–H and O–H groups in total. The number of hydrogen-bond acceptors (Lipinski definition) is 4. The van der Waals surface area contributed by atoms with Gasteiger partial charge in [-0.2, -0.15) is 0 Å². The monoisotopic (exact) mass is 215 g/mol. The Morgan fingerprint density at radius 2 is 2.00 bits per heavy atom. The smallest absolute Gasteiger partial charge is 0.259 e. The van der Waals surface area contributed by atoms with Gasteiger partial charge >= 0.3 is 0 Å². The molecule has 0 spiro atoms. The Morgan fingerprint density at radius 3 is 2.56 bits per heavy atom. The first-order valence-electron chi connectivity index (χ1n) is 4.71. The number of rotatable bonds is 2. The first kappa shape index (κ1) is 10.2. The fourth-order valence-corrected chi connectivity index (χ4v) is 1.48. The molecule has 1 atom stereocenters. The third kappa shape index (κ3) is 1.75. The van der Waals surface area contributed by atoms with Gasteiger partial charge in [0, 0.05) is 0 Å². The molecule has 5 nitrogen and oxygen atoms in total. The SMILES string of the molecule is N=C1C(=Cc2ccccc2)NC(=O)C1N=O. The average Bonchev–Trinajstić information content (AvgIpc) is 2.55. The minimum atomic E-state index is -1.21. The molecule has 80 valence electrons. The second-order valence-corrected chi connectivity index (χ2v) is 3.38. The summed E-state index contributed by atoms with van der Waals surface area (Å²) in [6.07, 6.45) is 1.64. The van der Waals surface area contributed by atoms with Gasteiger partial charge in [-0.25, -0.2) is 0 Å². The van der Waals surface area contributed by atoms with Gasteiger partial charge in [0.25, 0.3) is 5.91 Å². The van der Waals surface area contributed by atoms with Crippen LogP contribution < -0.4 is 5.32 Å². The van der Waals surface area contributed by atoms with Gasteiger partial charge in [-0.05, 0) is 16.8 Å². The molecule has 1 saturated heterocycles. The van der Waals surface area contributed by atoms with Crippen molar-refractivity contribution in [3.05, 3.63) is 46.5 Å². The summed E-state index contributed by atoms with van der Waals surface area (Å²) < 4.78 is 0. The van der Waals surface area contributed by atoms with E-state index < -0.39 is 11.9 Å². The van der Waals surface area contributed by atoms with Crippen molar-refractivity contribution in [3.8, 4) is 0 Å². The number of nitrogens with one attached hydrogen (secondary N) is 2. The molecule has 0 saturated carbocycles. The predicted octanol–water partition coefficient (Wildman–Crippen LogP) is 1.31. The van der Waals surface area contributed by atoms with Crippen LogP contribution in [0.3, 0.4) is 0 Å². The predicted molar refractivity (Wildman–Crippen MR) is 59.9 cm³/mol. The van der Waals surface area contributed by atoms with Crippen LogP contribution in [0.5, 0.6) is 0 Å². The second kappa shape index (κ2) is 4.06. The lowest BCUT2D eigenvalue weighted by atomic mass is 10.1. The number of carbonyl (C=O) groups excluding carboxylic acids is 1. The van der Waals surface area contributed by atoms with Gasteiger partial charge in [0.2, 0.25) is 6.04 Å². The van der Waals surface area contributed by atoms with Gasteiger partial charge in [0.15, 0.2) is 0 Å². The summed E-state index contributed by atoms with van der Waals surface area (Å²) in [7, 11) is 0. The van der Waals surface area contributed by atoms with E-state index >= 15 is 0 Å². The summed E-state index contributed by atoms with van der Waals surface area (Å²) >= 11 is 0. The maximum Gasteiger partial charge on any atom is 0.259 e. The minimum absolute atomic E-state index is 0.0798. The molecule has 1 heterocycles. The van der Waals surface area contributed by atoms with Gasteiger partial charge < -0.3 is 10.7 Å². The van der Waals surface area contributed by atoms with Crippen molar-refractivity contribution in [3.63, 3.8) is 0 Å². The minimum Gasteiger partial charge on any atom is -0.322 e. The van der Waals surface area contributed by atoms with Crippen LogP contribution in [0.25, 0.3) is 6.08 Å². The Balaban J connectivity index is 2.31. The highest BCUT2D eigenvalue weighted by atomic mass is 16.3. The lowest BCUT2D eigenvalue weighted by Crippen LogP contribution is -2.22. The molecule has 1 amide bonds. The maximum atomic E-state index is 11.2. The fraction of sp³-hybridized carbons (Fsp3) is 0.0909. The number of amides is 1. The van der Waals surface area contributed by atoms with Gasteiger partial charge in [-0.1, -0.05) is 30.3 Å². The average molecular weight is 215 g/mol. The Labute approximate surface area is 91.7 Å². The normalized spacial score (nSPS) is 22.2. The molecule has 0 aromatic heterocycles. The van der Waals surface area contributed by atoms with Crippen molar-refractivity contribution < 1.29 is 4.79 Å². The number of benzene rings is 1. The van der Waals surface area contributed by atoms with E-state index in [0.717, 1.165) is 5.56 Å². The number of hydrogen-bond donors (Lipinski definition) is 2. The van der Waals surface area contributed by atoms with Crippen LogP contribution in [-0.4, -0.2) is 17.7 Å². The molecule has 0 aliphatic carbocycles. The third-order valence-corrected chi connectivity index (χ3v) is 2.29. The molecular formula is C11H9N3O2. The highest BCUT2D eigenvalue weighted by molar-refractivity contribution is 6.23. The van der Waals surface area contributed by atoms with E-state index in [1.807, 2.05) is 30.3 Å². The molecule has 1 aliphatic heterocycles. The number of nitroso groups, excluding NO2 is 1. The van der Waals surface area contributed by atoms with Gasteiger partial charge in [0.1, 0.15) is 0 Å². The van der Waals surface area contributed by atoms with Gasteiger partial charge in [0.05, 0.1) is 11.4 Å². The quantitative estimate of drug-likeness (QED) is 0.729. The van der Waals surface area contributed by atoms with Crippen LogP contribution in [0.4, 0.5) is 0 Å². The molecule has 1 aliphatic rings. The van der Waals surface area contributed by atoms with E-state index in [0.29, 0.717) is 5.70 Å². The van der Waals surface area contributed by atoms with Crippen LogP contribution in [0.2, 0.25) is 0 Å². The van der Waals surface area contributed by atoms with Gasteiger partial charge in [-0.15, -0.1) is 4.91 Å². The summed E-state index contributed by atoms with van der Waals surface area (Å²) in [5, 5.41) is 12.7. The van der Waals surface area contributed by atoms with Crippen molar-refractivity contribution in [1.82, 2.24) is 5.32 Å². The van der Waals surface area contributed by atoms with E-state index in [1.54, 1.807) is 6.08 Å². The zero-order valence-corrected chi connectivity index (χ0v) is 8.31. The summed E-state index contributed by atoms with van der Waals surface area (Å²) in [5.41, 5.74) is 1.11. The van der Waals surface area contributed by atoms with Gasteiger partial charge in [-0.3, -0.25) is 4.79 Å². The molecule has 1 fully saturated rings. The fourth-order valence-electron chi connectivity index (χ4n) is 1.48. The van der Waals surface area contributed by atoms with E-state index in [4.69, 9.17) is 5.41 Å².